The number of benzene rings is 2. The molecule has 0 spiro atoms. The first-order valence-corrected chi connectivity index (χ1v) is 9.74. The molecule has 2 unspecified atom stereocenters. The van der Waals surface area contributed by atoms with Crippen molar-refractivity contribution in [3.8, 4) is 6.07 Å². The number of nitrogens with one attached hydrogen (secondary N) is 1. The van der Waals surface area contributed by atoms with Crippen LogP contribution in [0.5, 0.6) is 0 Å². The minimum Gasteiger partial charge on any atom is -0.273 e. The van der Waals surface area contributed by atoms with Crippen molar-refractivity contribution in [3.05, 3.63) is 70.8 Å². The first-order valence-electron chi connectivity index (χ1n) is 7.85. The SMILES string of the molecule is CC1(C(=O)NS(C)(=O)=O)Cc2ccc(C#N)cc2C1c1ccccc1. The van der Waals surface area contributed by atoms with Crippen molar-refractivity contribution in [3.63, 3.8) is 0 Å². The van der Waals surface area contributed by atoms with E-state index >= 15 is 0 Å². The third-order valence-electron chi connectivity index (χ3n) is 4.71. The standard InChI is InChI=1S/C19H18N2O3S/c1-19(18(22)21-25(2,23)24)11-15-9-8-13(12-20)10-16(15)17(19)14-6-4-3-5-7-14/h3-10,17H,11H2,1-2H3,(H,21,22). The van der Waals surface area contributed by atoms with Gasteiger partial charge in [0.25, 0.3) is 0 Å². The molecule has 1 aliphatic rings. The number of fused-ring (bicyclic) bond motifs is 1. The molecule has 1 aliphatic carbocycles. The van der Waals surface area contributed by atoms with Crippen LogP contribution < -0.4 is 4.72 Å². The van der Waals surface area contributed by atoms with E-state index in [1.54, 1.807) is 19.1 Å². The van der Waals surface area contributed by atoms with Crippen molar-refractivity contribution >= 4 is 15.9 Å². The summed E-state index contributed by atoms with van der Waals surface area (Å²) in [5.41, 5.74) is 2.34. The molecule has 5 nitrogen and oxygen atoms in total. The molecule has 1 amide bonds. The van der Waals surface area contributed by atoms with Gasteiger partial charge in [0, 0.05) is 5.92 Å². The van der Waals surface area contributed by atoms with E-state index in [0.717, 1.165) is 22.9 Å². The average Bonchev–Trinajstić information content (AvgIpc) is 2.86. The lowest BCUT2D eigenvalue weighted by molar-refractivity contribution is -0.128. The monoisotopic (exact) mass is 354 g/mol. The lowest BCUT2D eigenvalue weighted by Crippen LogP contribution is -2.44. The van der Waals surface area contributed by atoms with Gasteiger partial charge in [0.2, 0.25) is 15.9 Å². The molecular formula is C19H18N2O3S. The molecular weight excluding hydrogens is 336 g/mol. The molecule has 0 aromatic heterocycles. The molecule has 1 N–H and O–H groups in total. The van der Waals surface area contributed by atoms with E-state index in [9.17, 15) is 18.5 Å². The number of hydrogen-bond acceptors (Lipinski definition) is 4. The first kappa shape index (κ1) is 17.2. The maximum atomic E-state index is 12.8. The van der Waals surface area contributed by atoms with Gasteiger partial charge in [0.05, 0.1) is 23.3 Å². The van der Waals surface area contributed by atoms with Crippen molar-refractivity contribution in [2.75, 3.05) is 6.26 Å². The zero-order chi connectivity index (χ0) is 18.2. The summed E-state index contributed by atoms with van der Waals surface area (Å²) in [5.74, 6) is -0.850. The van der Waals surface area contributed by atoms with Gasteiger partial charge in [-0.1, -0.05) is 36.4 Å². The van der Waals surface area contributed by atoms with Gasteiger partial charge in [-0.25, -0.2) is 8.42 Å². The maximum absolute atomic E-state index is 12.8. The van der Waals surface area contributed by atoms with Crippen LogP contribution in [0.4, 0.5) is 0 Å². The van der Waals surface area contributed by atoms with Crippen LogP contribution in [0.25, 0.3) is 0 Å². The summed E-state index contributed by atoms with van der Waals surface area (Å²) >= 11 is 0. The van der Waals surface area contributed by atoms with E-state index in [2.05, 4.69) is 10.8 Å². The second-order valence-electron chi connectivity index (χ2n) is 6.67. The Kier molecular flexibility index (Phi) is 4.13. The molecule has 0 saturated carbocycles. The number of rotatable bonds is 3. The molecule has 0 heterocycles. The van der Waals surface area contributed by atoms with Crippen molar-refractivity contribution in [2.24, 2.45) is 5.41 Å². The lowest BCUT2D eigenvalue weighted by Gasteiger charge is -2.30. The predicted molar refractivity (Wildman–Crippen MR) is 94.2 cm³/mol. The van der Waals surface area contributed by atoms with Gasteiger partial charge in [0.1, 0.15) is 0 Å². The summed E-state index contributed by atoms with van der Waals surface area (Å²) in [6.45, 7) is 1.78. The minimum absolute atomic E-state index is 0.321. The number of nitrogens with zero attached hydrogens (tertiary/aromatic N) is 1. The normalized spacial score (nSPS) is 22.0. The maximum Gasteiger partial charge on any atom is 0.240 e. The van der Waals surface area contributed by atoms with E-state index in [0.29, 0.717) is 12.0 Å². The van der Waals surface area contributed by atoms with Crippen molar-refractivity contribution < 1.29 is 13.2 Å². The predicted octanol–water partition coefficient (Wildman–Crippen LogP) is 2.33. The topological polar surface area (TPSA) is 87.0 Å². The van der Waals surface area contributed by atoms with E-state index in [1.807, 2.05) is 36.4 Å². The number of amides is 1. The highest BCUT2D eigenvalue weighted by Gasteiger charge is 2.49. The van der Waals surface area contributed by atoms with Crippen LogP contribution in [0.2, 0.25) is 0 Å². The first-order chi connectivity index (χ1) is 11.7. The molecule has 25 heavy (non-hydrogen) atoms. The highest BCUT2D eigenvalue weighted by Crippen LogP contribution is 2.51. The third kappa shape index (κ3) is 3.15. The Hall–Kier alpha value is -2.65. The highest BCUT2D eigenvalue weighted by atomic mass is 32.2. The van der Waals surface area contributed by atoms with Gasteiger partial charge in [-0.2, -0.15) is 5.26 Å². The largest absolute Gasteiger partial charge is 0.273 e. The zero-order valence-electron chi connectivity index (χ0n) is 14.0. The Morgan fingerprint density at radius 2 is 1.92 bits per heavy atom. The number of sulfonamides is 1. The summed E-state index contributed by atoms with van der Waals surface area (Å²) in [6.07, 6.45) is 1.39. The van der Waals surface area contributed by atoms with Crippen LogP contribution in [-0.4, -0.2) is 20.6 Å². The fourth-order valence-corrected chi connectivity index (χ4v) is 4.19. The van der Waals surface area contributed by atoms with Gasteiger partial charge in [-0.3, -0.25) is 9.52 Å². The van der Waals surface area contributed by atoms with Crippen molar-refractivity contribution in [1.29, 1.82) is 5.26 Å². The second kappa shape index (κ2) is 6.01. The van der Waals surface area contributed by atoms with Gasteiger partial charge in [0.15, 0.2) is 0 Å². The summed E-state index contributed by atoms with van der Waals surface area (Å²) in [5, 5.41) is 9.21. The molecule has 0 saturated heterocycles. The quantitative estimate of drug-likeness (QED) is 0.916. The smallest absolute Gasteiger partial charge is 0.240 e. The Morgan fingerprint density at radius 1 is 1.24 bits per heavy atom. The van der Waals surface area contributed by atoms with Gasteiger partial charge >= 0.3 is 0 Å². The van der Waals surface area contributed by atoms with E-state index in [-0.39, 0.29) is 5.92 Å². The molecule has 2 atom stereocenters. The van der Waals surface area contributed by atoms with Crippen LogP contribution in [0.15, 0.2) is 48.5 Å². The number of carbonyl (C=O) groups excluding carboxylic acids is 1. The Balaban J connectivity index is 2.16. The van der Waals surface area contributed by atoms with E-state index in [4.69, 9.17) is 0 Å². The number of nitriles is 1. The molecule has 0 radical (unpaired) electrons. The Bertz CT molecular complexity index is 977. The fraction of sp³-hybridized carbons (Fsp3) is 0.263. The van der Waals surface area contributed by atoms with Crippen LogP contribution in [-0.2, 0) is 21.2 Å². The van der Waals surface area contributed by atoms with Gasteiger partial charge in [-0.15, -0.1) is 0 Å². The molecule has 2 aromatic carbocycles. The van der Waals surface area contributed by atoms with Crippen LogP contribution in [0.3, 0.4) is 0 Å². The summed E-state index contributed by atoms with van der Waals surface area (Å²) in [4.78, 5) is 12.8. The summed E-state index contributed by atoms with van der Waals surface area (Å²) in [6, 6.07) is 17.0. The Labute approximate surface area is 147 Å². The number of hydrogen-bond donors (Lipinski definition) is 1. The van der Waals surface area contributed by atoms with Crippen molar-refractivity contribution in [1.82, 2.24) is 4.72 Å². The molecule has 2 aromatic rings. The minimum atomic E-state index is -3.66. The lowest BCUT2D eigenvalue weighted by atomic mass is 9.73. The van der Waals surface area contributed by atoms with Gasteiger partial charge < -0.3 is 0 Å². The molecule has 0 fully saturated rings. The van der Waals surface area contributed by atoms with E-state index in [1.165, 1.54) is 0 Å². The third-order valence-corrected chi connectivity index (χ3v) is 5.27. The van der Waals surface area contributed by atoms with E-state index < -0.39 is 21.3 Å². The van der Waals surface area contributed by atoms with Crippen LogP contribution in [0.1, 0.15) is 35.1 Å². The summed E-state index contributed by atoms with van der Waals surface area (Å²) < 4.78 is 25.3. The molecule has 3 rings (SSSR count). The molecule has 0 bridgehead atoms. The number of carbonyl (C=O) groups is 1. The van der Waals surface area contributed by atoms with Crippen LogP contribution >= 0.6 is 0 Å². The fourth-order valence-electron chi connectivity index (χ4n) is 3.62. The summed E-state index contributed by atoms with van der Waals surface area (Å²) in [7, 11) is -3.66. The van der Waals surface area contributed by atoms with Crippen LogP contribution in [0, 0.1) is 16.7 Å². The zero-order valence-corrected chi connectivity index (χ0v) is 14.8. The van der Waals surface area contributed by atoms with Gasteiger partial charge in [-0.05, 0) is 42.2 Å². The average molecular weight is 354 g/mol. The molecule has 6 heteroatoms. The Morgan fingerprint density at radius 3 is 2.52 bits per heavy atom. The molecule has 0 aliphatic heterocycles. The second-order valence-corrected chi connectivity index (χ2v) is 8.42. The highest BCUT2D eigenvalue weighted by molar-refractivity contribution is 7.89. The molecule has 128 valence electrons. The van der Waals surface area contributed by atoms with Crippen molar-refractivity contribution in [2.45, 2.75) is 19.3 Å².